The molecule has 3 unspecified atom stereocenters. The maximum Gasteiger partial charge on any atom is 0.0432 e. The molecule has 2 aromatic carbocycles. The molecule has 2 aliphatic carbocycles. The van der Waals surface area contributed by atoms with Crippen molar-refractivity contribution in [3.63, 3.8) is 0 Å². The Morgan fingerprint density at radius 2 is 1.83 bits per heavy atom. The quantitative estimate of drug-likeness (QED) is 0.682. The topological polar surface area (TPSA) is 0 Å². The lowest BCUT2D eigenvalue weighted by Gasteiger charge is -2.14. The summed E-state index contributed by atoms with van der Waals surface area (Å²) in [7, 11) is 0. The van der Waals surface area contributed by atoms with Gasteiger partial charge in [0.05, 0.1) is 0 Å². The second-order valence-electron chi connectivity index (χ2n) is 5.93. The highest BCUT2D eigenvalue weighted by Crippen LogP contribution is 2.52. The molecular weight excluding hydrogens is 284 g/mol. The third kappa shape index (κ3) is 1.50. The van der Waals surface area contributed by atoms with E-state index in [4.69, 9.17) is 0 Å². The van der Waals surface area contributed by atoms with Gasteiger partial charge in [-0.05, 0) is 58.6 Å². The minimum absolute atomic E-state index is 0.539. The summed E-state index contributed by atoms with van der Waals surface area (Å²) in [4.78, 5) is 0.539. The minimum atomic E-state index is 0.539. The fourth-order valence-corrected chi connectivity index (χ4v) is 4.64. The normalized spacial score (nSPS) is 26.6. The summed E-state index contributed by atoms with van der Waals surface area (Å²) in [5.41, 5.74) is 4.60. The lowest BCUT2D eigenvalue weighted by Crippen LogP contribution is -1.96. The van der Waals surface area contributed by atoms with E-state index in [0.717, 1.165) is 11.8 Å². The molecule has 0 N–H and O–H groups in total. The maximum absolute atomic E-state index is 3.94. The lowest BCUT2D eigenvalue weighted by molar-refractivity contribution is 0.744. The van der Waals surface area contributed by atoms with Gasteiger partial charge in [-0.1, -0.05) is 53.2 Å². The average molecular weight is 301 g/mol. The fourth-order valence-electron chi connectivity index (χ4n) is 3.50. The smallest absolute Gasteiger partial charge is 0.0432 e. The third-order valence-electron chi connectivity index (χ3n) is 4.76. The van der Waals surface area contributed by atoms with Crippen LogP contribution in [-0.4, -0.2) is 0 Å². The third-order valence-corrected chi connectivity index (χ3v) is 5.93. The first-order valence-corrected chi connectivity index (χ1v) is 7.84. The molecule has 0 amide bonds. The van der Waals surface area contributed by atoms with E-state index < -0.39 is 0 Å². The second kappa shape index (κ2) is 3.84. The molecule has 4 rings (SSSR count). The van der Waals surface area contributed by atoms with Crippen LogP contribution in [0.4, 0.5) is 0 Å². The SMILES string of the molecule is CC1CC1C(Br)c1ccc2c3c(cccc13)CC2. The zero-order valence-electron chi connectivity index (χ0n) is 10.6. The van der Waals surface area contributed by atoms with Crippen LogP contribution in [0, 0.1) is 11.8 Å². The van der Waals surface area contributed by atoms with Crippen molar-refractivity contribution in [1.29, 1.82) is 0 Å². The molecule has 3 atom stereocenters. The van der Waals surface area contributed by atoms with Crippen molar-refractivity contribution in [1.82, 2.24) is 0 Å². The molecule has 0 bridgehead atoms. The van der Waals surface area contributed by atoms with E-state index in [1.807, 2.05) is 0 Å². The van der Waals surface area contributed by atoms with Crippen LogP contribution in [0.3, 0.4) is 0 Å². The number of alkyl halides is 1. The molecule has 1 heteroatoms. The van der Waals surface area contributed by atoms with Crippen LogP contribution in [0.1, 0.15) is 34.9 Å². The second-order valence-corrected chi connectivity index (χ2v) is 6.92. The highest BCUT2D eigenvalue weighted by atomic mass is 79.9. The summed E-state index contributed by atoms with van der Waals surface area (Å²) in [6.07, 6.45) is 3.82. The van der Waals surface area contributed by atoms with E-state index in [2.05, 4.69) is 53.2 Å². The van der Waals surface area contributed by atoms with Crippen molar-refractivity contribution in [3.8, 4) is 0 Å². The Balaban J connectivity index is 1.92. The van der Waals surface area contributed by atoms with Gasteiger partial charge in [-0.25, -0.2) is 0 Å². The average Bonchev–Trinajstić information content (AvgIpc) is 2.97. The number of hydrogen-bond donors (Lipinski definition) is 0. The molecule has 0 heterocycles. The Bertz CT molecular complexity index is 619. The van der Waals surface area contributed by atoms with Gasteiger partial charge in [0.25, 0.3) is 0 Å². The fraction of sp³-hybridized carbons (Fsp3) is 0.412. The molecule has 0 radical (unpaired) electrons. The summed E-state index contributed by atoms with van der Waals surface area (Å²) in [5, 5.41) is 3.04. The van der Waals surface area contributed by atoms with Crippen LogP contribution in [0.2, 0.25) is 0 Å². The van der Waals surface area contributed by atoms with Gasteiger partial charge in [0.15, 0.2) is 0 Å². The van der Waals surface area contributed by atoms with Crippen molar-refractivity contribution in [2.45, 2.75) is 31.0 Å². The molecule has 0 saturated heterocycles. The first-order valence-electron chi connectivity index (χ1n) is 6.93. The van der Waals surface area contributed by atoms with E-state index in [1.165, 1.54) is 30.2 Å². The Morgan fingerprint density at radius 3 is 2.56 bits per heavy atom. The Kier molecular flexibility index (Phi) is 2.35. The monoisotopic (exact) mass is 300 g/mol. The molecule has 1 fully saturated rings. The Hall–Kier alpha value is -0.820. The van der Waals surface area contributed by atoms with Crippen LogP contribution >= 0.6 is 15.9 Å². The van der Waals surface area contributed by atoms with E-state index in [-0.39, 0.29) is 0 Å². The van der Waals surface area contributed by atoms with E-state index in [0.29, 0.717) is 4.83 Å². The van der Waals surface area contributed by atoms with E-state index in [9.17, 15) is 0 Å². The molecule has 0 aliphatic heterocycles. The summed E-state index contributed by atoms with van der Waals surface area (Å²) < 4.78 is 0. The molecule has 92 valence electrons. The zero-order valence-corrected chi connectivity index (χ0v) is 12.2. The lowest BCUT2D eigenvalue weighted by atomic mass is 9.96. The molecule has 2 aromatic rings. The molecule has 2 aliphatic rings. The number of aryl methyl sites for hydroxylation is 2. The van der Waals surface area contributed by atoms with Gasteiger partial charge in [-0.15, -0.1) is 0 Å². The number of benzene rings is 2. The molecule has 0 spiro atoms. The van der Waals surface area contributed by atoms with Gasteiger partial charge in [-0.3, -0.25) is 0 Å². The summed E-state index contributed by atoms with van der Waals surface area (Å²) >= 11 is 3.94. The van der Waals surface area contributed by atoms with Crippen LogP contribution in [-0.2, 0) is 12.8 Å². The molecule has 0 nitrogen and oxygen atoms in total. The predicted octanol–water partition coefficient (Wildman–Crippen LogP) is 5.03. The summed E-state index contributed by atoms with van der Waals surface area (Å²) in [5.74, 6) is 1.72. The molecular formula is C17H17Br. The van der Waals surface area contributed by atoms with E-state index in [1.54, 1.807) is 16.5 Å². The number of halogens is 1. The number of rotatable bonds is 2. The highest BCUT2D eigenvalue weighted by Gasteiger charge is 2.39. The summed E-state index contributed by atoms with van der Waals surface area (Å²) in [6.45, 7) is 2.36. The van der Waals surface area contributed by atoms with Crippen LogP contribution in [0.5, 0.6) is 0 Å². The molecule has 1 saturated carbocycles. The molecule has 0 aromatic heterocycles. The van der Waals surface area contributed by atoms with Crippen LogP contribution in [0.15, 0.2) is 30.3 Å². The van der Waals surface area contributed by atoms with Gasteiger partial charge < -0.3 is 0 Å². The van der Waals surface area contributed by atoms with Crippen molar-refractivity contribution < 1.29 is 0 Å². The first-order chi connectivity index (χ1) is 8.75. The maximum atomic E-state index is 3.94. The minimum Gasteiger partial charge on any atom is -0.0835 e. The highest BCUT2D eigenvalue weighted by molar-refractivity contribution is 9.09. The Labute approximate surface area is 117 Å². The predicted molar refractivity (Wildman–Crippen MR) is 80.3 cm³/mol. The summed E-state index contributed by atoms with van der Waals surface area (Å²) in [6, 6.07) is 11.6. The Morgan fingerprint density at radius 1 is 1.11 bits per heavy atom. The van der Waals surface area contributed by atoms with Gasteiger partial charge in [0.2, 0.25) is 0 Å². The van der Waals surface area contributed by atoms with Gasteiger partial charge >= 0.3 is 0 Å². The van der Waals surface area contributed by atoms with Crippen molar-refractivity contribution >= 4 is 26.7 Å². The van der Waals surface area contributed by atoms with Crippen molar-refractivity contribution in [3.05, 3.63) is 47.0 Å². The van der Waals surface area contributed by atoms with Gasteiger partial charge in [-0.2, -0.15) is 0 Å². The van der Waals surface area contributed by atoms with Crippen LogP contribution in [0.25, 0.3) is 10.8 Å². The first kappa shape index (κ1) is 11.0. The van der Waals surface area contributed by atoms with E-state index >= 15 is 0 Å². The largest absolute Gasteiger partial charge is 0.0835 e. The number of hydrogen-bond acceptors (Lipinski definition) is 0. The zero-order chi connectivity index (χ0) is 12.3. The molecule has 18 heavy (non-hydrogen) atoms. The van der Waals surface area contributed by atoms with Crippen LogP contribution < -0.4 is 0 Å². The van der Waals surface area contributed by atoms with Crippen molar-refractivity contribution in [2.24, 2.45) is 11.8 Å². The van der Waals surface area contributed by atoms with Gasteiger partial charge in [0, 0.05) is 4.83 Å². The standard InChI is InChI=1S/C17H17Br/c1-10-9-15(10)17(18)14-8-7-12-6-5-11-3-2-4-13(14)16(11)12/h2-4,7-8,10,15,17H,5-6,9H2,1H3. The van der Waals surface area contributed by atoms with Crippen molar-refractivity contribution in [2.75, 3.05) is 0 Å². The van der Waals surface area contributed by atoms with Gasteiger partial charge in [0.1, 0.15) is 0 Å².